The molecule has 10 nitrogen and oxygen atoms in total. The minimum atomic E-state index is -1.63. The van der Waals surface area contributed by atoms with Crippen LogP contribution in [0.25, 0.3) is 11.1 Å². The van der Waals surface area contributed by atoms with E-state index >= 15 is 0 Å². The lowest BCUT2D eigenvalue weighted by atomic mass is 9.87. The summed E-state index contributed by atoms with van der Waals surface area (Å²) < 4.78 is 12.5. The summed E-state index contributed by atoms with van der Waals surface area (Å²) in [6, 6.07) is 42.5. The van der Waals surface area contributed by atoms with Crippen LogP contribution >= 0.6 is 23.2 Å². The number of carbonyl (C=O) groups is 3. The van der Waals surface area contributed by atoms with Crippen LogP contribution in [0.3, 0.4) is 0 Å². The van der Waals surface area contributed by atoms with Crippen LogP contribution in [0.4, 0.5) is 5.69 Å². The van der Waals surface area contributed by atoms with Gasteiger partial charge in [-0.05, 0) is 107 Å². The first-order valence-electron chi connectivity index (χ1n) is 21.1. The molecule has 0 fully saturated rings. The zero-order valence-corrected chi connectivity index (χ0v) is 37.1. The zero-order chi connectivity index (χ0) is 45.1. The van der Waals surface area contributed by atoms with E-state index in [0.29, 0.717) is 51.3 Å². The lowest BCUT2D eigenvalue weighted by Crippen LogP contribution is -2.60. The second-order valence-corrected chi connectivity index (χ2v) is 17.3. The monoisotopic (exact) mass is 892 g/mol. The number of nitriles is 1. The van der Waals surface area contributed by atoms with E-state index in [1.54, 1.807) is 55.3 Å². The summed E-state index contributed by atoms with van der Waals surface area (Å²) in [5.41, 5.74) is 6.51. The summed E-state index contributed by atoms with van der Waals surface area (Å²) in [5.74, 6) is -0.642. The number of carboxylic acids is 1. The maximum absolute atomic E-state index is 14.7. The van der Waals surface area contributed by atoms with Gasteiger partial charge in [0.25, 0.3) is 5.91 Å². The molecule has 0 aliphatic carbocycles. The van der Waals surface area contributed by atoms with E-state index in [4.69, 9.17) is 32.7 Å². The van der Waals surface area contributed by atoms with Crippen molar-refractivity contribution in [3.63, 3.8) is 0 Å². The highest BCUT2D eigenvalue weighted by molar-refractivity contribution is 6.42. The molecule has 2 aliphatic rings. The molecule has 2 heterocycles. The summed E-state index contributed by atoms with van der Waals surface area (Å²) in [6.07, 6.45) is 0.126. The molecule has 64 heavy (non-hydrogen) atoms. The Labute approximate surface area is 382 Å². The van der Waals surface area contributed by atoms with Crippen LogP contribution in [0.2, 0.25) is 10.0 Å². The standard InChI is InChI=1S/C52H46Cl2N4O6/c1-4-44(37-8-6-5-7-9-37)58-30-40-27-47-45(57(3)50(60)48(64-47)38-19-21-41(22-20-38)63-31-34-14-23-42(53)43(54)24-34)25-39(40)26-46(58)49(59)56-52(2,51(61)62)28-32-10-15-35(16-11-32)36-17-12-33(29-55)13-18-36/h5-25,27,44,46,48H,4,26,28,30-31H2,1-3H3,(H,56,59)(H,61,62)/t44-,46?,48?,52?/m0/s1. The lowest BCUT2D eigenvalue weighted by Gasteiger charge is -2.43. The SMILES string of the molecule is CC[C@@H](c1ccccc1)N1Cc2cc3c(cc2CC1C(=O)NC(C)(Cc1ccc(-c2ccc(C#N)cc2)cc1)C(=O)O)N(C)C(=O)C(c1ccc(OCc2ccc(Cl)c(Cl)c2)cc1)O3. The van der Waals surface area contributed by atoms with Crippen molar-refractivity contribution in [2.24, 2.45) is 0 Å². The number of aliphatic carboxylic acids is 1. The molecule has 8 rings (SSSR count). The molecule has 2 aliphatic heterocycles. The van der Waals surface area contributed by atoms with Gasteiger partial charge in [-0.2, -0.15) is 5.26 Å². The molecule has 6 aromatic rings. The van der Waals surface area contributed by atoms with Crippen LogP contribution in [0.5, 0.6) is 11.5 Å². The maximum Gasteiger partial charge on any atom is 0.329 e. The Morgan fingerprint density at radius 2 is 1.56 bits per heavy atom. The van der Waals surface area contributed by atoms with Crippen molar-refractivity contribution < 1.29 is 29.0 Å². The number of amides is 2. The highest BCUT2D eigenvalue weighted by atomic mass is 35.5. The fourth-order valence-corrected chi connectivity index (χ4v) is 8.91. The molecule has 4 atom stereocenters. The summed E-state index contributed by atoms with van der Waals surface area (Å²) in [7, 11) is 1.72. The van der Waals surface area contributed by atoms with E-state index in [-0.39, 0.29) is 31.4 Å². The number of likely N-dealkylation sites (N-methyl/N-ethyl adjacent to an activating group) is 1. The van der Waals surface area contributed by atoms with Crippen molar-refractivity contribution in [1.29, 1.82) is 5.26 Å². The molecule has 6 aromatic carbocycles. The first-order valence-corrected chi connectivity index (χ1v) is 21.8. The minimum Gasteiger partial charge on any atom is -0.489 e. The Bertz CT molecular complexity index is 2740. The third kappa shape index (κ3) is 9.20. The third-order valence-corrected chi connectivity index (χ3v) is 12.9. The molecule has 0 aromatic heterocycles. The number of ether oxygens (including phenoxy) is 2. The summed E-state index contributed by atoms with van der Waals surface area (Å²) in [5, 5.41) is 23.7. The van der Waals surface area contributed by atoms with Crippen LogP contribution in [0, 0.1) is 11.3 Å². The number of anilines is 1. The van der Waals surface area contributed by atoms with E-state index in [9.17, 15) is 24.8 Å². The van der Waals surface area contributed by atoms with Gasteiger partial charge in [0.2, 0.25) is 12.0 Å². The quantitative estimate of drug-likeness (QED) is 0.117. The number of hydrogen-bond donors (Lipinski definition) is 2. The Hall–Kier alpha value is -6.64. The fraction of sp³-hybridized carbons (Fsp3) is 0.231. The number of rotatable bonds is 13. The number of carboxylic acid groups (broad SMARTS) is 1. The van der Waals surface area contributed by atoms with Crippen LogP contribution < -0.4 is 19.7 Å². The normalized spacial score (nSPS) is 17.2. The van der Waals surface area contributed by atoms with Crippen LogP contribution in [0.1, 0.15) is 71.4 Å². The van der Waals surface area contributed by atoms with Crippen molar-refractivity contribution in [3.8, 4) is 28.7 Å². The van der Waals surface area contributed by atoms with E-state index in [1.807, 2.05) is 97.1 Å². The van der Waals surface area contributed by atoms with Crippen molar-refractivity contribution in [3.05, 3.63) is 182 Å². The van der Waals surface area contributed by atoms with Crippen molar-refractivity contribution >= 4 is 46.7 Å². The van der Waals surface area contributed by atoms with Gasteiger partial charge in [-0.25, -0.2) is 4.79 Å². The highest BCUT2D eigenvalue weighted by Crippen LogP contribution is 2.44. The van der Waals surface area contributed by atoms with Crippen LogP contribution in [-0.4, -0.2) is 46.4 Å². The second kappa shape index (κ2) is 18.6. The molecule has 0 radical (unpaired) electrons. The Kier molecular flexibility index (Phi) is 12.8. The number of halogens is 2. The molecule has 3 unspecified atom stereocenters. The highest BCUT2D eigenvalue weighted by Gasteiger charge is 2.43. The van der Waals surface area contributed by atoms with Gasteiger partial charge in [-0.1, -0.05) is 115 Å². The molecule has 0 bridgehead atoms. The van der Waals surface area contributed by atoms with Crippen LogP contribution in [-0.2, 0) is 40.4 Å². The smallest absolute Gasteiger partial charge is 0.329 e. The molecule has 324 valence electrons. The Balaban J connectivity index is 1.04. The Morgan fingerprint density at radius 1 is 0.891 bits per heavy atom. The molecule has 2 N–H and O–H groups in total. The molecule has 0 spiro atoms. The lowest BCUT2D eigenvalue weighted by molar-refractivity contribution is -0.148. The minimum absolute atomic E-state index is 0.0499. The van der Waals surface area contributed by atoms with Crippen LogP contribution in [0.15, 0.2) is 133 Å². The third-order valence-electron chi connectivity index (χ3n) is 12.2. The number of benzene rings is 6. The average molecular weight is 894 g/mol. The Morgan fingerprint density at radius 3 is 2.20 bits per heavy atom. The number of nitrogens with one attached hydrogen (secondary N) is 1. The summed E-state index contributed by atoms with van der Waals surface area (Å²) in [6.45, 7) is 4.29. The summed E-state index contributed by atoms with van der Waals surface area (Å²) >= 11 is 12.2. The maximum atomic E-state index is 14.7. The van der Waals surface area contributed by atoms with Gasteiger partial charge in [0.1, 0.15) is 23.6 Å². The molecular formula is C52H46Cl2N4O6. The molecular weight excluding hydrogens is 847 g/mol. The van der Waals surface area contributed by atoms with Gasteiger partial charge < -0.3 is 24.8 Å². The van der Waals surface area contributed by atoms with Gasteiger partial charge >= 0.3 is 5.97 Å². The largest absolute Gasteiger partial charge is 0.489 e. The van der Waals surface area contributed by atoms with Gasteiger partial charge in [-0.3, -0.25) is 14.5 Å². The topological polar surface area (TPSA) is 132 Å². The molecule has 2 amide bonds. The van der Waals surface area contributed by atoms with Crippen molar-refractivity contribution in [1.82, 2.24) is 10.2 Å². The first kappa shape index (κ1) is 44.0. The molecule has 0 saturated carbocycles. The van der Waals surface area contributed by atoms with Gasteiger partial charge in [0, 0.05) is 31.6 Å². The van der Waals surface area contributed by atoms with Crippen molar-refractivity contribution in [2.45, 2.75) is 70.0 Å². The van der Waals surface area contributed by atoms with E-state index in [2.05, 4.69) is 23.2 Å². The average Bonchev–Trinajstić information content (AvgIpc) is 3.31. The zero-order valence-electron chi connectivity index (χ0n) is 35.6. The van der Waals surface area contributed by atoms with Gasteiger partial charge in [0.15, 0.2) is 0 Å². The van der Waals surface area contributed by atoms with E-state index < -0.39 is 29.6 Å². The van der Waals surface area contributed by atoms with Crippen molar-refractivity contribution in [2.75, 3.05) is 11.9 Å². The summed E-state index contributed by atoms with van der Waals surface area (Å²) in [4.78, 5) is 45.4. The fourth-order valence-electron chi connectivity index (χ4n) is 8.59. The first-order chi connectivity index (χ1) is 30.8. The predicted octanol–water partition coefficient (Wildman–Crippen LogP) is 10.3. The van der Waals surface area contributed by atoms with Gasteiger partial charge in [-0.15, -0.1) is 0 Å². The number of fused-ring (bicyclic) bond motifs is 2. The van der Waals surface area contributed by atoms with Gasteiger partial charge in [0.05, 0.1) is 33.4 Å². The predicted molar refractivity (Wildman–Crippen MR) is 247 cm³/mol. The van der Waals surface area contributed by atoms with E-state index in [0.717, 1.165) is 38.9 Å². The molecule has 0 saturated heterocycles. The number of carbonyl (C=O) groups excluding carboxylic acids is 2. The van der Waals surface area contributed by atoms with E-state index in [1.165, 1.54) is 0 Å². The number of hydrogen-bond acceptors (Lipinski definition) is 7. The second-order valence-electron chi connectivity index (χ2n) is 16.5. The number of nitrogens with zero attached hydrogens (tertiary/aromatic N) is 3. The molecule has 12 heteroatoms.